The van der Waals surface area contributed by atoms with E-state index in [0.717, 1.165) is 33.8 Å². The highest BCUT2D eigenvalue weighted by Crippen LogP contribution is 2.32. The number of amides is 1. The van der Waals surface area contributed by atoms with Gasteiger partial charge in [0.15, 0.2) is 0 Å². The number of ether oxygens (including phenoxy) is 1. The van der Waals surface area contributed by atoms with E-state index in [4.69, 9.17) is 14.9 Å². The average Bonchev–Trinajstić information content (AvgIpc) is 3.56. The Morgan fingerprint density at radius 2 is 1.36 bits per heavy atom. The fourth-order valence-corrected chi connectivity index (χ4v) is 4.56. The van der Waals surface area contributed by atoms with Crippen molar-refractivity contribution in [2.45, 2.75) is 6.92 Å². The fraction of sp³-hybridized carbons (Fsp3) is 0.0606. The van der Waals surface area contributed by atoms with Crippen LogP contribution in [0, 0.1) is 0 Å². The van der Waals surface area contributed by atoms with Gasteiger partial charge in [0.05, 0.1) is 29.2 Å². The minimum atomic E-state index is -0.190. The summed E-state index contributed by atoms with van der Waals surface area (Å²) in [6.45, 7) is 2.56. The quantitative estimate of drug-likeness (QED) is 0.227. The first-order valence-electron chi connectivity index (χ1n) is 12.8. The molecule has 0 radical (unpaired) electrons. The van der Waals surface area contributed by atoms with Crippen LogP contribution in [0.4, 0.5) is 5.69 Å². The van der Waals surface area contributed by atoms with Gasteiger partial charge in [-0.15, -0.1) is 0 Å². The first-order valence-corrected chi connectivity index (χ1v) is 12.8. The Balaban J connectivity index is 1.50. The Hall–Kier alpha value is -5.23. The molecule has 0 atom stereocenters. The van der Waals surface area contributed by atoms with Crippen LogP contribution >= 0.6 is 0 Å². The molecular weight excluding hydrogens is 484 g/mol. The number of hydrazone groups is 1. The zero-order valence-electron chi connectivity index (χ0n) is 21.4. The van der Waals surface area contributed by atoms with Crippen LogP contribution in [0.1, 0.15) is 18.1 Å². The molecule has 0 saturated heterocycles. The third-order valence-corrected chi connectivity index (χ3v) is 6.43. The van der Waals surface area contributed by atoms with E-state index < -0.39 is 0 Å². The van der Waals surface area contributed by atoms with Crippen LogP contribution in [0.25, 0.3) is 23.0 Å². The number of hydrogen-bond donors (Lipinski definition) is 0. The maximum atomic E-state index is 13.8. The molecule has 6 rings (SSSR count). The molecule has 4 aromatic carbocycles. The van der Waals surface area contributed by atoms with Gasteiger partial charge < -0.3 is 4.74 Å². The largest absolute Gasteiger partial charge is 0.494 e. The van der Waals surface area contributed by atoms with E-state index >= 15 is 0 Å². The summed E-state index contributed by atoms with van der Waals surface area (Å²) < 4.78 is 7.48. The summed E-state index contributed by atoms with van der Waals surface area (Å²) in [5.74, 6) is 0.608. The number of benzene rings is 4. The third kappa shape index (κ3) is 4.88. The lowest BCUT2D eigenvalue weighted by molar-refractivity contribution is -0.114. The van der Waals surface area contributed by atoms with Crippen LogP contribution in [0.15, 0.2) is 132 Å². The molecule has 1 amide bonds. The van der Waals surface area contributed by atoms with Crippen molar-refractivity contribution in [1.82, 2.24) is 9.78 Å². The standard InChI is InChI=1S/C33H26N4O2/c1-2-39-29-20-18-25(19-21-29)31-26(23-36(34-31)27-14-8-4-9-15-27)22-30-32(24-12-6-3-7-13-24)35-37(33(30)38)28-16-10-5-11-17-28/h3-23H,2H2,1H3/b30-22-. The highest BCUT2D eigenvalue weighted by molar-refractivity contribution is 6.37. The fourth-order valence-electron chi connectivity index (χ4n) is 4.56. The Morgan fingerprint density at radius 1 is 0.744 bits per heavy atom. The number of carbonyl (C=O) groups is 1. The van der Waals surface area contributed by atoms with Crippen LogP contribution < -0.4 is 9.75 Å². The maximum absolute atomic E-state index is 13.8. The summed E-state index contributed by atoms with van der Waals surface area (Å²) in [5, 5.41) is 11.2. The third-order valence-electron chi connectivity index (χ3n) is 6.43. The van der Waals surface area contributed by atoms with E-state index in [1.54, 1.807) is 0 Å². The van der Waals surface area contributed by atoms with E-state index in [1.807, 2.05) is 139 Å². The van der Waals surface area contributed by atoms with Crippen molar-refractivity contribution in [3.63, 3.8) is 0 Å². The monoisotopic (exact) mass is 510 g/mol. The Bertz CT molecular complexity index is 1660. The summed E-state index contributed by atoms with van der Waals surface area (Å²) >= 11 is 0. The predicted octanol–water partition coefficient (Wildman–Crippen LogP) is 6.77. The summed E-state index contributed by atoms with van der Waals surface area (Å²) in [6, 6.07) is 37.0. The smallest absolute Gasteiger partial charge is 0.281 e. The Labute approximate surface area is 227 Å². The number of nitrogens with zero attached hydrogens (tertiary/aromatic N) is 4. The number of anilines is 1. The van der Waals surface area contributed by atoms with Crippen molar-refractivity contribution in [3.8, 4) is 22.7 Å². The Kier molecular flexibility index (Phi) is 6.58. The molecule has 39 heavy (non-hydrogen) atoms. The zero-order valence-corrected chi connectivity index (χ0v) is 21.4. The molecule has 2 heterocycles. The molecule has 0 saturated carbocycles. The molecule has 0 aliphatic carbocycles. The summed E-state index contributed by atoms with van der Waals surface area (Å²) in [6.07, 6.45) is 3.85. The minimum absolute atomic E-state index is 0.190. The average molecular weight is 511 g/mol. The molecule has 0 fully saturated rings. The topological polar surface area (TPSA) is 59.7 Å². The van der Waals surface area contributed by atoms with Crippen molar-refractivity contribution >= 4 is 23.4 Å². The van der Waals surface area contributed by atoms with E-state index in [0.29, 0.717) is 23.6 Å². The number of hydrogen-bond acceptors (Lipinski definition) is 4. The Morgan fingerprint density at radius 3 is 2.00 bits per heavy atom. The molecule has 1 aromatic heterocycles. The van der Waals surface area contributed by atoms with Crippen LogP contribution in [0.2, 0.25) is 0 Å². The van der Waals surface area contributed by atoms with Crippen LogP contribution in [0.3, 0.4) is 0 Å². The summed E-state index contributed by atoms with van der Waals surface area (Å²) in [4.78, 5) is 13.8. The molecule has 190 valence electrons. The lowest BCUT2D eigenvalue weighted by Crippen LogP contribution is -2.21. The van der Waals surface area contributed by atoms with Crippen molar-refractivity contribution in [2.75, 3.05) is 11.6 Å². The molecular formula is C33H26N4O2. The molecule has 0 N–H and O–H groups in total. The highest BCUT2D eigenvalue weighted by Gasteiger charge is 2.32. The lowest BCUT2D eigenvalue weighted by atomic mass is 9.99. The maximum Gasteiger partial charge on any atom is 0.281 e. The molecule has 6 heteroatoms. The van der Waals surface area contributed by atoms with Crippen molar-refractivity contribution in [3.05, 3.63) is 138 Å². The van der Waals surface area contributed by atoms with E-state index in [1.165, 1.54) is 5.01 Å². The number of para-hydroxylation sites is 2. The van der Waals surface area contributed by atoms with Gasteiger partial charge in [-0.3, -0.25) is 4.79 Å². The first-order chi connectivity index (χ1) is 19.2. The van der Waals surface area contributed by atoms with Gasteiger partial charge in [-0.2, -0.15) is 15.2 Å². The van der Waals surface area contributed by atoms with Gasteiger partial charge in [-0.05, 0) is 61.5 Å². The number of carbonyl (C=O) groups excluding carboxylic acids is 1. The minimum Gasteiger partial charge on any atom is -0.494 e. The zero-order chi connectivity index (χ0) is 26.6. The summed E-state index contributed by atoms with van der Waals surface area (Å²) in [5.41, 5.74) is 6.12. The van der Waals surface area contributed by atoms with E-state index in [2.05, 4.69) is 0 Å². The van der Waals surface area contributed by atoms with E-state index in [9.17, 15) is 4.79 Å². The molecule has 0 unspecified atom stereocenters. The van der Waals surface area contributed by atoms with Crippen LogP contribution in [-0.4, -0.2) is 28.0 Å². The van der Waals surface area contributed by atoms with Crippen molar-refractivity contribution in [2.24, 2.45) is 5.10 Å². The SMILES string of the molecule is CCOc1ccc(-c2nn(-c3ccccc3)cc2/C=C2\C(=O)N(c3ccccc3)N=C2c2ccccc2)cc1. The molecule has 1 aliphatic rings. The number of rotatable bonds is 7. The van der Waals surface area contributed by atoms with Gasteiger partial charge in [0.2, 0.25) is 0 Å². The summed E-state index contributed by atoms with van der Waals surface area (Å²) in [7, 11) is 0. The van der Waals surface area contributed by atoms with Gasteiger partial charge in [-0.25, -0.2) is 4.68 Å². The molecule has 5 aromatic rings. The number of aromatic nitrogens is 2. The second-order valence-electron chi connectivity index (χ2n) is 9.00. The predicted molar refractivity (Wildman–Crippen MR) is 155 cm³/mol. The van der Waals surface area contributed by atoms with Gasteiger partial charge >= 0.3 is 0 Å². The van der Waals surface area contributed by atoms with Crippen molar-refractivity contribution < 1.29 is 9.53 Å². The first kappa shape index (κ1) is 24.1. The van der Waals surface area contributed by atoms with Gasteiger partial charge in [0, 0.05) is 22.9 Å². The van der Waals surface area contributed by atoms with Gasteiger partial charge in [0.1, 0.15) is 11.5 Å². The second kappa shape index (κ2) is 10.6. The van der Waals surface area contributed by atoms with Crippen LogP contribution in [0.5, 0.6) is 5.75 Å². The molecule has 1 aliphatic heterocycles. The second-order valence-corrected chi connectivity index (χ2v) is 9.00. The molecule has 0 bridgehead atoms. The van der Waals surface area contributed by atoms with E-state index in [-0.39, 0.29) is 5.91 Å². The lowest BCUT2D eigenvalue weighted by Gasteiger charge is -2.10. The van der Waals surface area contributed by atoms with Crippen molar-refractivity contribution in [1.29, 1.82) is 0 Å². The normalized spacial score (nSPS) is 14.1. The molecule has 6 nitrogen and oxygen atoms in total. The van der Waals surface area contributed by atoms with Gasteiger partial charge in [0.25, 0.3) is 5.91 Å². The highest BCUT2D eigenvalue weighted by atomic mass is 16.5. The van der Waals surface area contributed by atoms with Crippen LogP contribution in [-0.2, 0) is 4.79 Å². The van der Waals surface area contributed by atoms with Gasteiger partial charge in [-0.1, -0.05) is 66.7 Å². The molecule has 0 spiro atoms.